The topological polar surface area (TPSA) is 48.8 Å². The number of nitrogens with zero attached hydrogens (tertiary/aromatic N) is 4. The second kappa shape index (κ2) is 12.4. The summed E-state index contributed by atoms with van der Waals surface area (Å²) in [6, 6.07) is 66.3. The first-order valence-electron chi connectivity index (χ1n) is 19.2. The van der Waals surface area contributed by atoms with Crippen molar-refractivity contribution in [3.05, 3.63) is 194 Å². The van der Waals surface area contributed by atoms with Gasteiger partial charge in [0.05, 0.1) is 33.3 Å². The van der Waals surface area contributed by atoms with Crippen LogP contribution in [0.1, 0.15) is 0 Å². The molecule has 12 rings (SSSR count). The van der Waals surface area contributed by atoms with Crippen LogP contribution in [0.5, 0.6) is 0 Å². The van der Waals surface area contributed by atoms with Gasteiger partial charge in [-0.3, -0.25) is 9.55 Å². The number of pyridine rings is 2. The van der Waals surface area contributed by atoms with Gasteiger partial charge in [-0.2, -0.15) is 0 Å². The second-order valence-electron chi connectivity index (χ2n) is 14.6. The monoisotopic (exact) mass is 728 g/mol. The van der Waals surface area contributed by atoms with E-state index < -0.39 is 0 Å². The molecule has 0 fully saturated rings. The molecule has 266 valence electrons. The molecule has 57 heavy (non-hydrogen) atoms. The number of rotatable bonds is 5. The smallest absolute Gasteiger partial charge is 0.138 e. The van der Waals surface area contributed by atoms with Gasteiger partial charge >= 0.3 is 0 Å². The van der Waals surface area contributed by atoms with Crippen molar-refractivity contribution in [2.45, 2.75) is 0 Å². The third-order valence-electron chi connectivity index (χ3n) is 11.4. The molecule has 5 aromatic heterocycles. The zero-order valence-corrected chi connectivity index (χ0v) is 30.7. The predicted molar refractivity (Wildman–Crippen MR) is 234 cm³/mol. The van der Waals surface area contributed by atoms with Crippen LogP contribution in [0.3, 0.4) is 0 Å². The SMILES string of the molecule is c1ccc(-c2cc(-c3cccc4oc5ccc(-c6ccccc6)cc5c34)nc(-n3c4cccnc4c4ccc5c(c6ccccc6n5-c5ccccc5)c43)c2)cc1. The lowest BCUT2D eigenvalue weighted by Crippen LogP contribution is -2.01. The fourth-order valence-electron chi connectivity index (χ4n) is 8.88. The molecule has 5 heterocycles. The molecule has 0 bridgehead atoms. The van der Waals surface area contributed by atoms with Crippen LogP contribution >= 0.6 is 0 Å². The van der Waals surface area contributed by atoms with Gasteiger partial charge in [-0.25, -0.2) is 4.98 Å². The van der Waals surface area contributed by atoms with Crippen LogP contribution in [0.2, 0.25) is 0 Å². The molecule has 0 spiro atoms. The summed E-state index contributed by atoms with van der Waals surface area (Å²) in [7, 11) is 0. The van der Waals surface area contributed by atoms with Gasteiger partial charge in [0, 0.05) is 44.4 Å². The van der Waals surface area contributed by atoms with E-state index in [4.69, 9.17) is 14.4 Å². The zero-order chi connectivity index (χ0) is 37.5. The molecule has 0 radical (unpaired) electrons. The molecule has 0 saturated carbocycles. The van der Waals surface area contributed by atoms with Crippen molar-refractivity contribution in [3.8, 4) is 45.0 Å². The minimum Gasteiger partial charge on any atom is -0.456 e. The van der Waals surface area contributed by atoms with E-state index in [1.807, 2.05) is 12.3 Å². The van der Waals surface area contributed by atoms with E-state index in [1.165, 1.54) is 5.39 Å². The minimum absolute atomic E-state index is 0.818. The van der Waals surface area contributed by atoms with Crippen LogP contribution in [0, 0.1) is 0 Å². The fraction of sp³-hybridized carbons (Fsp3) is 0. The van der Waals surface area contributed by atoms with Crippen molar-refractivity contribution in [3.63, 3.8) is 0 Å². The Bertz CT molecular complexity index is 3510. The normalized spacial score (nSPS) is 11.9. The van der Waals surface area contributed by atoms with E-state index in [-0.39, 0.29) is 0 Å². The maximum Gasteiger partial charge on any atom is 0.138 e. The average molecular weight is 729 g/mol. The summed E-state index contributed by atoms with van der Waals surface area (Å²) >= 11 is 0. The van der Waals surface area contributed by atoms with Gasteiger partial charge in [-0.05, 0) is 95.1 Å². The molecule has 0 aliphatic rings. The summed E-state index contributed by atoms with van der Waals surface area (Å²) < 4.78 is 11.2. The van der Waals surface area contributed by atoms with E-state index >= 15 is 0 Å². The van der Waals surface area contributed by atoms with Crippen molar-refractivity contribution in [1.29, 1.82) is 0 Å². The summed E-state index contributed by atoms with van der Waals surface area (Å²) in [5, 5.41) is 5.53. The van der Waals surface area contributed by atoms with Crippen LogP contribution in [0.25, 0.3) is 111 Å². The molecule has 0 saturated heterocycles. The first-order valence-corrected chi connectivity index (χ1v) is 19.2. The van der Waals surface area contributed by atoms with Gasteiger partial charge in [0.1, 0.15) is 17.0 Å². The maximum absolute atomic E-state index is 6.52. The average Bonchev–Trinajstić information content (AvgIpc) is 3.94. The molecule has 5 nitrogen and oxygen atoms in total. The highest BCUT2D eigenvalue weighted by atomic mass is 16.3. The Morgan fingerprint density at radius 3 is 1.98 bits per heavy atom. The van der Waals surface area contributed by atoms with Crippen LogP contribution in [0.15, 0.2) is 199 Å². The lowest BCUT2D eigenvalue weighted by atomic mass is 9.98. The van der Waals surface area contributed by atoms with Gasteiger partial charge in [0.2, 0.25) is 0 Å². The summed E-state index contributed by atoms with van der Waals surface area (Å²) in [5.41, 5.74) is 14.5. The Morgan fingerprint density at radius 2 is 1.16 bits per heavy atom. The van der Waals surface area contributed by atoms with Crippen LogP contribution < -0.4 is 0 Å². The summed E-state index contributed by atoms with van der Waals surface area (Å²) in [5.74, 6) is 0.818. The minimum atomic E-state index is 0.818. The number of benzene rings is 7. The molecular formula is C52H32N4O. The number of para-hydroxylation sites is 2. The molecule has 7 aromatic carbocycles. The fourth-order valence-corrected chi connectivity index (χ4v) is 8.88. The van der Waals surface area contributed by atoms with Crippen molar-refractivity contribution in [1.82, 2.24) is 19.1 Å². The van der Waals surface area contributed by atoms with E-state index in [1.54, 1.807) is 0 Å². The van der Waals surface area contributed by atoms with E-state index in [0.717, 1.165) is 105 Å². The van der Waals surface area contributed by atoms with Gasteiger partial charge in [0.15, 0.2) is 0 Å². The van der Waals surface area contributed by atoms with Gasteiger partial charge < -0.3 is 8.98 Å². The largest absolute Gasteiger partial charge is 0.456 e. The molecule has 0 atom stereocenters. The Hall–Kier alpha value is -7.76. The molecule has 5 heteroatoms. The van der Waals surface area contributed by atoms with Crippen LogP contribution in [-0.4, -0.2) is 19.1 Å². The van der Waals surface area contributed by atoms with Crippen molar-refractivity contribution in [2.75, 3.05) is 0 Å². The van der Waals surface area contributed by atoms with Crippen molar-refractivity contribution < 1.29 is 4.42 Å². The molecular weight excluding hydrogens is 697 g/mol. The van der Waals surface area contributed by atoms with Crippen LogP contribution in [0.4, 0.5) is 0 Å². The first kappa shape index (κ1) is 31.6. The highest BCUT2D eigenvalue weighted by Gasteiger charge is 2.23. The van der Waals surface area contributed by atoms with Gasteiger partial charge in [-0.1, -0.05) is 115 Å². The number of aromatic nitrogens is 4. The second-order valence-corrected chi connectivity index (χ2v) is 14.6. The molecule has 0 aliphatic carbocycles. The highest BCUT2D eigenvalue weighted by Crippen LogP contribution is 2.43. The molecule has 0 amide bonds. The number of hydrogen-bond donors (Lipinski definition) is 0. The van der Waals surface area contributed by atoms with E-state index in [9.17, 15) is 0 Å². The van der Waals surface area contributed by atoms with Crippen molar-refractivity contribution in [2.24, 2.45) is 0 Å². The summed E-state index contributed by atoms with van der Waals surface area (Å²) in [6.45, 7) is 0. The standard InChI is InChI=1S/C52H32N4O/c1-4-14-33(15-5-1)35-25-28-46-41(30-35)49-38(21-12-24-47(49)57-46)42-31-36(34-16-6-2-7-17-34)32-48(54-42)56-45-23-13-29-53-51(45)40-26-27-44-50(52(40)56)39-20-10-11-22-43(39)55(44)37-18-8-3-9-19-37/h1-32H. The highest BCUT2D eigenvalue weighted by molar-refractivity contribution is 6.25. The molecule has 0 aliphatic heterocycles. The van der Waals surface area contributed by atoms with E-state index in [0.29, 0.717) is 0 Å². The Morgan fingerprint density at radius 1 is 0.421 bits per heavy atom. The zero-order valence-electron chi connectivity index (χ0n) is 30.7. The lowest BCUT2D eigenvalue weighted by molar-refractivity contribution is 0.669. The van der Waals surface area contributed by atoms with Crippen LogP contribution in [-0.2, 0) is 0 Å². The van der Waals surface area contributed by atoms with Gasteiger partial charge in [-0.15, -0.1) is 0 Å². The maximum atomic E-state index is 6.52. The third-order valence-corrected chi connectivity index (χ3v) is 11.4. The molecule has 0 N–H and O–H groups in total. The predicted octanol–water partition coefficient (Wildman–Crippen LogP) is 13.6. The Kier molecular flexibility index (Phi) is 6.86. The first-order chi connectivity index (χ1) is 28.3. The Balaban J connectivity index is 1.19. The number of fused-ring (bicyclic) bond motifs is 10. The lowest BCUT2D eigenvalue weighted by Gasteiger charge is -2.14. The summed E-state index contributed by atoms with van der Waals surface area (Å²) in [4.78, 5) is 10.6. The third kappa shape index (κ3) is 4.82. The quantitative estimate of drug-likeness (QED) is 0.177. The summed E-state index contributed by atoms with van der Waals surface area (Å²) in [6.07, 6.45) is 1.89. The van der Waals surface area contributed by atoms with E-state index in [2.05, 4.69) is 191 Å². The Labute approximate surface area is 327 Å². The van der Waals surface area contributed by atoms with Crippen molar-refractivity contribution >= 4 is 65.7 Å². The molecule has 12 aromatic rings. The number of furan rings is 1. The number of hydrogen-bond acceptors (Lipinski definition) is 3. The van der Waals surface area contributed by atoms with Gasteiger partial charge in [0.25, 0.3) is 0 Å². The molecule has 0 unspecified atom stereocenters.